The number of fused-ring (bicyclic) bond motifs is 3. The van der Waals surface area contributed by atoms with Crippen molar-refractivity contribution in [3.8, 4) is 0 Å². The Labute approximate surface area is 178 Å². The van der Waals surface area contributed by atoms with E-state index in [1.807, 2.05) is 41.0 Å². The van der Waals surface area contributed by atoms with Gasteiger partial charge in [0.25, 0.3) is 5.91 Å². The second-order valence-electron chi connectivity index (χ2n) is 7.35. The summed E-state index contributed by atoms with van der Waals surface area (Å²) >= 11 is 5.96. The van der Waals surface area contributed by atoms with Gasteiger partial charge in [0.05, 0.1) is 0 Å². The van der Waals surface area contributed by atoms with Gasteiger partial charge in [-0.3, -0.25) is 4.79 Å². The summed E-state index contributed by atoms with van der Waals surface area (Å²) in [6.45, 7) is 0. The Morgan fingerprint density at radius 3 is 2.53 bits per heavy atom. The molecule has 5 rings (SSSR count). The van der Waals surface area contributed by atoms with E-state index >= 15 is 0 Å². The van der Waals surface area contributed by atoms with Crippen LogP contribution in [0.5, 0.6) is 0 Å². The highest BCUT2D eigenvalue weighted by molar-refractivity contribution is 6.30. The molecule has 150 valence electrons. The highest BCUT2D eigenvalue weighted by Crippen LogP contribution is 2.28. The predicted molar refractivity (Wildman–Crippen MR) is 119 cm³/mol. The third-order valence-corrected chi connectivity index (χ3v) is 5.56. The molecule has 0 unspecified atom stereocenters. The number of aromatic nitrogens is 3. The van der Waals surface area contributed by atoms with E-state index in [1.54, 1.807) is 24.3 Å². The summed E-state index contributed by atoms with van der Waals surface area (Å²) in [7, 11) is 0. The van der Waals surface area contributed by atoms with E-state index in [-0.39, 0.29) is 5.91 Å². The first-order valence-corrected chi connectivity index (χ1v) is 10.4. The van der Waals surface area contributed by atoms with Crippen molar-refractivity contribution in [1.82, 2.24) is 14.6 Å². The average molecular weight is 418 g/mol. The van der Waals surface area contributed by atoms with Crippen LogP contribution in [-0.2, 0) is 12.8 Å². The largest absolute Gasteiger partial charge is 0.338 e. The lowest BCUT2D eigenvalue weighted by Crippen LogP contribution is -2.14. The first kappa shape index (κ1) is 18.6. The molecule has 1 amide bonds. The van der Waals surface area contributed by atoms with Crippen LogP contribution in [-0.4, -0.2) is 20.5 Å². The molecule has 1 aliphatic rings. The molecule has 1 aliphatic carbocycles. The maximum atomic E-state index is 13.3. The van der Waals surface area contributed by atoms with Crippen LogP contribution in [0.15, 0.2) is 60.8 Å². The highest BCUT2D eigenvalue weighted by Gasteiger charge is 2.25. The van der Waals surface area contributed by atoms with Crippen LogP contribution < -0.4 is 10.6 Å². The lowest BCUT2D eigenvalue weighted by atomic mass is 9.97. The molecule has 2 heterocycles. The maximum absolute atomic E-state index is 13.3. The minimum Gasteiger partial charge on any atom is -0.338 e. The SMILES string of the molecule is O=C(Nc1ccc(Cl)cc1)c1c(Nc2ccccc2)nn2c3c(cnc12)CCCC3. The number of hydrogen-bond acceptors (Lipinski definition) is 4. The van der Waals surface area contributed by atoms with Crippen LogP contribution in [0.4, 0.5) is 17.2 Å². The number of aryl methyl sites for hydroxylation is 2. The van der Waals surface area contributed by atoms with Crippen molar-refractivity contribution in [2.45, 2.75) is 25.7 Å². The van der Waals surface area contributed by atoms with E-state index in [4.69, 9.17) is 16.7 Å². The molecule has 30 heavy (non-hydrogen) atoms. The number of rotatable bonds is 4. The van der Waals surface area contributed by atoms with Gasteiger partial charge in [0.1, 0.15) is 5.56 Å². The fraction of sp³-hybridized carbons (Fsp3) is 0.174. The summed E-state index contributed by atoms with van der Waals surface area (Å²) < 4.78 is 1.83. The van der Waals surface area contributed by atoms with Crippen molar-refractivity contribution in [2.75, 3.05) is 10.6 Å². The molecule has 0 radical (unpaired) electrons. The molecule has 2 N–H and O–H groups in total. The Hall–Kier alpha value is -3.38. The molecular formula is C23H20ClN5O. The standard InChI is InChI=1S/C23H20ClN5O/c24-16-10-12-18(13-11-16)27-23(30)20-21(26-17-7-2-1-3-8-17)28-29-19-9-5-4-6-15(19)14-25-22(20)29/h1-3,7-8,10-14H,4-6,9H2,(H,26,28)(H,27,30). The van der Waals surface area contributed by atoms with Crippen molar-refractivity contribution in [3.63, 3.8) is 0 Å². The van der Waals surface area contributed by atoms with Gasteiger partial charge < -0.3 is 10.6 Å². The Balaban J connectivity index is 1.60. The fourth-order valence-corrected chi connectivity index (χ4v) is 3.96. The molecule has 0 spiro atoms. The molecule has 0 fully saturated rings. The third kappa shape index (κ3) is 3.50. The number of amides is 1. The number of halogens is 1. The van der Waals surface area contributed by atoms with Crippen molar-refractivity contribution < 1.29 is 4.79 Å². The molecule has 7 heteroatoms. The van der Waals surface area contributed by atoms with Gasteiger partial charge in [0.15, 0.2) is 11.5 Å². The van der Waals surface area contributed by atoms with E-state index in [9.17, 15) is 4.79 Å². The lowest BCUT2D eigenvalue weighted by Gasteiger charge is -2.15. The number of benzene rings is 2. The van der Waals surface area contributed by atoms with E-state index in [0.29, 0.717) is 27.7 Å². The Morgan fingerprint density at radius 1 is 0.967 bits per heavy atom. The van der Waals surface area contributed by atoms with E-state index in [0.717, 1.165) is 37.1 Å². The first-order valence-electron chi connectivity index (χ1n) is 9.97. The third-order valence-electron chi connectivity index (χ3n) is 5.31. The molecule has 4 aromatic rings. The summed E-state index contributed by atoms with van der Waals surface area (Å²) in [5.74, 6) is 0.216. The van der Waals surface area contributed by atoms with Crippen LogP contribution in [0.1, 0.15) is 34.5 Å². The van der Waals surface area contributed by atoms with Gasteiger partial charge in [0, 0.05) is 28.3 Å². The number of carbonyl (C=O) groups is 1. The van der Waals surface area contributed by atoms with Crippen LogP contribution in [0.25, 0.3) is 5.65 Å². The van der Waals surface area contributed by atoms with Gasteiger partial charge in [-0.05, 0) is 67.6 Å². The van der Waals surface area contributed by atoms with Crippen LogP contribution >= 0.6 is 11.6 Å². The average Bonchev–Trinajstić information content (AvgIpc) is 3.14. The number of nitrogens with zero attached hydrogens (tertiary/aromatic N) is 3. The number of nitrogens with one attached hydrogen (secondary N) is 2. The number of anilines is 3. The zero-order valence-electron chi connectivity index (χ0n) is 16.2. The Kier molecular flexibility index (Phi) is 4.85. The van der Waals surface area contributed by atoms with Gasteiger partial charge in [-0.15, -0.1) is 5.10 Å². The van der Waals surface area contributed by atoms with Gasteiger partial charge in [-0.2, -0.15) is 0 Å². The van der Waals surface area contributed by atoms with E-state index in [1.165, 1.54) is 5.56 Å². The molecule has 0 saturated carbocycles. The van der Waals surface area contributed by atoms with Crippen molar-refractivity contribution in [3.05, 3.63) is 82.6 Å². The summed E-state index contributed by atoms with van der Waals surface area (Å²) in [5, 5.41) is 11.6. The van der Waals surface area contributed by atoms with Crippen LogP contribution in [0.3, 0.4) is 0 Å². The Morgan fingerprint density at radius 2 is 1.73 bits per heavy atom. The van der Waals surface area contributed by atoms with Crippen molar-refractivity contribution in [1.29, 1.82) is 0 Å². The molecule has 2 aromatic carbocycles. The molecular weight excluding hydrogens is 398 g/mol. The highest BCUT2D eigenvalue weighted by atomic mass is 35.5. The van der Waals surface area contributed by atoms with Crippen LogP contribution in [0, 0.1) is 0 Å². The zero-order chi connectivity index (χ0) is 20.5. The second kappa shape index (κ2) is 7.80. The number of hydrogen-bond donors (Lipinski definition) is 2. The minimum atomic E-state index is -0.269. The molecule has 0 saturated heterocycles. The summed E-state index contributed by atoms with van der Waals surface area (Å²) in [5.41, 5.74) is 4.82. The molecule has 0 bridgehead atoms. The molecule has 2 aromatic heterocycles. The number of carbonyl (C=O) groups excluding carboxylic acids is 1. The van der Waals surface area contributed by atoms with E-state index in [2.05, 4.69) is 15.6 Å². The quantitative estimate of drug-likeness (QED) is 0.475. The first-order chi connectivity index (χ1) is 14.7. The molecule has 0 aliphatic heterocycles. The molecule has 0 atom stereocenters. The maximum Gasteiger partial charge on any atom is 0.263 e. The van der Waals surface area contributed by atoms with Gasteiger partial charge in [-0.25, -0.2) is 9.50 Å². The molecule has 6 nitrogen and oxygen atoms in total. The van der Waals surface area contributed by atoms with Gasteiger partial charge in [0.2, 0.25) is 0 Å². The lowest BCUT2D eigenvalue weighted by molar-refractivity contribution is 0.102. The van der Waals surface area contributed by atoms with Gasteiger partial charge >= 0.3 is 0 Å². The summed E-state index contributed by atoms with van der Waals surface area (Å²) in [6, 6.07) is 16.7. The van der Waals surface area contributed by atoms with E-state index < -0.39 is 0 Å². The number of para-hydroxylation sites is 1. The zero-order valence-corrected chi connectivity index (χ0v) is 17.0. The van der Waals surface area contributed by atoms with Gasteiger partial charge in [-0.1, -0.05) is 29.8 Å². The Bertz CT molecular complexity index is 1220. The predicted octanol–water partition coefficient (Wildman–Crippen LogP) is 5.26. The summed E-state index contributed by atoms with van der Waals surface area (Å²) in [4.78, 5) is 17.9. The normalized spacial score (nSPS) is 13.1. The van der Waals surface area contributed by atoms with Crippen molar-refractivity contribution >= 4 is 40.3 Å². The fourth-order valence-electron chi connectivity index (χ4n) is 3.83. The minimum absolute atomic E-state index is 0.269. The summed E-state index contributed by atoms with van der Waals surface area (Å²) in [6.07, 6.45) is 6.07. The topological polar surface area (TPSA) is 71.3 Å². The second-order valence-corrected chi connectivity index (χ2v) is 7.78. The van der Waals surface area contributed by atoms with Crippen molar-refractivity contribution in [2.24, 2.45) is 0 Å². The monoisotopic (exact) mass is 417 g/mol. The smallest absolute Gasteiger partial charge is 0.263 e. The van der Waals surface area contributed by atoms with Crippen LogP contribution in [0.2, 0.25) is 5.02 Å².